The Bertz CT molecular complexity index is 624. The van der Waals surface area contributed by atoms with E-state index < -0.39 is 0 Å². The Morgan fingerprint density at radius 2 is 1.91 bits per heavy atom. The fourth-order valence-corrected chi connectivity index (χ4v) is 3.34. The summed E-state index contributed by atoms with van der Waals surface area (Å²) in [4.78, 5) is 2.46. The summed E-state index contributed by atoms with van der Waals surface area (Å²) in [5, 5.41) is 0. The minimum Gasteiger partial charge on any atom is -0.494 e. The van der Waals surface area contributed by atoms with Gasteiger partial charge in [0.05, 0.1) is 12.6 Å². The highest BCUT2D eigenvalue weighted by Gasteiger charge is 2.24. The number of nitrogens with two attached hydrogens (primary N) is 1. The van der Waals surface area contributed by atoms with Crippen LogP contribution >= 0.6 is 0 Å². The summed E-state index contributed by atoms with van der Waals surface area (Å²) in [6.07, 6.45) is 3.37. The fourth-order valence-electron chi connectivity index (χ4n) is 3.34. The SMILES string of the molecule is CCCOc1ccc(C(CN)N2CCCc3ccccc32)cc1. The second-order valence-electron chi connectivity index (χ2n) is 6.09. The summed E-state index contributed by atoms with van der Waals surface area (Å²) in [5.41, 5.74) is 10.2. The summed E-state index contributed by atoms with van der Waals surface area (Å²) in [7, 11) is 0. The molecule has 0 bridgehead atoms. The lowest BCUT2D eigenvalue weighted by Gasteiger charge is -2.37. The largest absolute Gasteiger partial charge is 0.494 e. The summed E-state index contributed by atoms with van der Waals surface area (Å²) in [5.74, 6) is 0.936. The first-order valence-electron chi connectivity index (χ1n) is 8.61. The van der Waals surface area contributed by atoms with E-state index in [1.165, 1.54) is 23.2 Å². The summed E-state index contributed by atoms with van der Waals surface area (Å²) >= 11 is 0. The number of fused-ring (bicyclic) bond motifs is 1. The second-order valence-corrected chi connectivity index (χ2v) is 6.09. The van der Waals surface area contributed by atoms with Crippen molar-refractivity contribution in [2.24, 2.45) is 5.73 Å². The first kappa shape index (κ1) is 15.9. The Morgan fingerprint density at radius 3 is 2.65 bits per heavy atom. The Labute approximate surface area is 139 Å². The molecule has 1 aliphatic heterocycles. The van der Waals surface area contributed by atoms with E-state index in [-0.39, 0.29) is 6.04 Å². The van der Waals surface area contributed by atoms with Gasteiger partial charge in [-0.3, -0.25) is 0 Å². The maximum atomic E-state index is 6.14. The first-order chi connectivity index (χ1) is 11.3. The Kier molecular flexibility index (Phi) is 5.19. The van der Waals surface area contributed by atoms with Gasteiger partial charge in [0.1, 0.15) is 5.75 Å². The van der Waals surface area contributed by atoms with Crippen molar-refractivity contribution >= 4 is 5.69 Å². The molecule has 2 N–H and O–H groups in total. The number of ether oxygens (including phenoxy) is 1. The topological polar surface area (TPSA) is 38.5 Å². The molecule has 23 heavy (non-hydrogen) atoms. The molecule has 1 heterocycles. The van der Waals surface area contributed by atoms with Gasteiger partial charge in [0.2, 0.25) is 0 Å². The molecule has 0 aliphatic carbocycles. The zero-order valence-corrected chi connectivity index (χ0v) is 13.9. The van der Waals surface area contributed by atoms with Crippen LogP contribution in [0.15, 0.2) is 48.5 Å². The van der Waals surface area contributed by atoms with Crippen LogP contribution in [-0.2, 0) is 6.42 Å². The van der Waals surface area contributed by atoms with Crippen molar-refractivity contribution in [3.05, 3.63) is 59.7 Å². The van der Waals surface area contributed by atoms with Gasteiger partial charge in [0.25, 0.3) is 0 Å². The predicted molar refractivity (Wildman–Crippen MR) is 96.1 cm³/mol. The van der Waals surface area contributed by atoms with E-state index >= 15 is 0 Å². The van der Waals surface area contributed by atoms with E-state index in [1.807, 2.05) is 0 Å². The average Bonchev–Trinajstić information content (AvgIpc) is 2.62. The quantitative estimate of drug-likeness (QED) is 0.878. The highest BCUT2D eigenvalue weighted by molar-refractivity contribution is 5.57. The molecule has 0 fully saturated rings. The number of anilines is 1. The Morgan fingerprint density at radius 1 is 1.13 bits per heavy atom. The van der Waals surface area contributed by atoms with Gasteiger partial charge in [-0.1, -0.05) is 37.3 Å². The lowest BCUT2D eigenvalue weighted by atomic mass is 9.97. The van der Waals surface area contributed by atoms with Crippen molar-refractivity contribution in [1.29, 1.82) is 0 Å². The van der Waals surface area contributed by atoms with Crippen LogP contribution in [0.25, 0.3) is 0 Å². The normalized spacial score (nSPS) is 15.1. The molecule has 0 saturated carbocycles. The van der Waals surface area contributed by atoms with Crippen LogP contribution in [0.3, 0.4) is 0 Å². The standard InChI is InChI=1S/C20H26N2O/c1-2-14-23-18-11-9-17(10-12-18)20(15-21)22-13-5-7-16-6-3-4-8-19(16)22/h3-4,6,8-12,20H,2,5,7,13-15,21H2,1H3. The van der Waals surface area contributed by atoms with Crippen molar-refractivity contribution in [2.45, 2.75) is 32.2 Å². The van der Waals surface area contributed by atoms with Crippen LogP contribution in [0.4, 0.5) is 5.69 Å². The molecule has 3 nitrogen and oxygen atoms in total. The van der Waals surface area contributed by atoms with Crippen LogP contribution in [0.1, 0.15) is 36.9 Å². The molecule has 0 aromatic heterocycles. The van der Waals surface area contributed by atoms with Gasteiger partial charge in [0, 0.05) is 18.8 Å². The number of rotatable bonds is 6. The van der Waals surface area contributed by atoms with E-state index in [1.54, 1.807) is 0 Å². The molecule has 3 rings (SSSR count). The molecule has 2 aromatic rings. The minimum absolute atomic E-state index is 0.219. The van der Waals surface area contributed by atoms with Crippen molar-refractivity contribution in [3.63, 3.8) is 0 Å². The minimum atomic E-state index is 0.219. The van der Waals surface area contributed by atoms with Crippen LogP contribution < -0.4 is 15.4 Å². The van der Waals surface area contributed by atoms with Crippen LogP contribution in [-0.4, -0.2) is 19.7 Å². The van der Waals surface area contributed by atoms with Crippen molar-refractivity contribution < 1.29 is 4.74 Å². The third-order valence-electron chi connectivity index (χ3n) is 4.48. The molecule has 1 atom stereocenters. The monoisotopic (exact) mass is 310 g/mol. The maximum absolute atomic E-state index is 6.14. The summed E-state index contributed by atoms with van der Waals surface area (Å²) in [6.45, 7) is 4.56. The molecular formula is C20H26N2O. The van der Waals surface area contributed by atoms with E-state index in [4.69, 9.17) is 10.5 Å². The molecule has 1 aliphatic rings. The molecule has 0 radical (unpaired) electrons. The highest BCUT2D eigenvalue weighted by Crippen LogP contribution is 2.34. The Balaban J connectivity index is 1.83. The maximum Gasteiger partial charge on any atom is 0.119 e. The van der Waals surface area contributed by atoms with Gasteiger partial charge in [-0.15, -0.1) is 0 Å². The first-order valence-corrected chi connectivity index (χ1v) is 8.61. The van der Waals surface area contributed by atoms with E-state index in [2.05, 4.69) is 60.4 Å². The van der Waals surface area contributed by atoms with Crippen LogP contribution in [0.5, 0.6) is 5.75 Å². The molecule has 1 unspecified atom stereocenters. The fraction of sp³-hybridized carbons (Fsp3) is 0.400. The number of hydrogen-bond acceptors (Lipinski definition) is 3. The van der Waals surface area contributed by atoms with E-state index in [0.717, 1.165) is 31.7 Å². The van der Waals surface area contributed by atoms with Gasteiger partial charge in [-0.2, -0.15) is 0 Å². The van der Waals surface area contributed by atoms with Crippen LogP contribution in [0.2, 0.25) is 0 Å². The molecule has 0 saturated heterocycles. The van der Waals surface area contributed by atoms with E-state index in [0.29, 0.717) is 6.54 Å². The van der Waals surface area contributed by atoms with Crippen molar-refractivity contribution in [1.82, 2.24) is 0 Å². The third-order valence-corrected chi connectivity index (χ3v) is 4.48. The van der Waals surface area contributed by atoms with Gasteiger partial charge in [-0.05, 0) is 48.6 Å². The zero-order chi connectivity index (χ0) is 16.1. The molecule has 0 spiro atoms. The molecule has 0 amide bonds. The second kappa shape index (κ2) is 7.51. The van der Waals surface area contributed by atoms with Gasteiger partial charge < -0.3 is 15.4 Å². The number of aryl methyl sites for hydroxylation is 1. The summed E-state index contributed by atoms with van der Waals surface area (Å²) < 4.78 is 5.68. The van der Waals surface area contributed by atoms with Gasteiger partial charge in [0.15, 0.2) is 0 Å². The third kappa shape index (κ3) is 3.50. The highest BCUT2D eigenvalue weighted by atomic mass is 16.5. The number of hydrogen-bond donors (Lipinski definition) is 1. The predicted octanol–water partition coefficient (Wildman–Crippen LogP) is 3.93. The molecule has 122 valence electrons. The number of para-hydroxylation sites is 1. The van der Waals surface area contributed by atoms with Crippen LogP contribution in [0, 0.1) is 0 Å². The van der Waals surface area contributed by atoms with Crippen molar-refractivity contribution in [2.75, 3.05) is 24.6 Å². The van der Waals surface area contributed by atoms with Gasteiger partial charge in [-0.25, -0.2) is 0 Å². The summed E-state index contributed by atoms with van der Waals surface area (Å²) in [6, 6.07) is 17.3. The Hall–Kier alpha value is -2.00. The average molecular weight is 310 g/mol. The lowest BCUT2D eigenvalue weighted by Crippen LogP contribution is -2.37. The smallest absolute Gasteiger partial charge is 0.119 e. The lowest BCUT2D eigenvalue weighted by molar-refractivity contribution is 0.317. The number of nitrogens with zero attached hydrogens (tertiary/aromatic N) is 1. The van der Waals surface area contributed by atoms with Crippen molar-refractivity contribution in [3.8, 4) is 5.75 Å². The molecule has 2 aromatic carbocycles. The molecule has 3 heteroatoms. The number of benzene rings is 2. The zero-order valence-electron chi connectivity index (χ0n) is 13.9. The molecular weight excluding hydrogens is 284 g/mol. The van der Waals surface area contributed by atoms with Gasteiger partial charge >= 0.3 is 0 Å². The van der Waals surface area contributed by atoms with E-state index in [9.17, 15) is 0 Å².